The fourth-order valence-electron chi connectivity index (χ4n) is 3.86. The number of aromatic nitrogens is 1. The SMILES string of the molecule is C=C[C@@H](C)[C@@H]1CCCC(C(=O)NCc2ccccn2)N1S(=O)(=O)c1cc(Cl)c(O)c(Cl)c1. The average Bonchev–Trinajstić information content (AvgIpc) is 2.80. The molecule has 10 heteroatoms. The second kappa shape index (κ2) is 10.2. The highest BCUT2D eigenvalue weighted by atomic mass is 35.5. The Bertz CT molecular complexity index is 1070. The summed E-state index contributed by atoms with van der Waals surface area (Å²) in [7, 11) is -4.18. The van der Waals surface area contributed by atoms with Crippen molar-refractivity contribution in [1.82, 2.24) is 14.6 Å². The molecular weight excluding hydrogens is 473 g/mol. The summed E-state index contributed by atoms with van der Waals surface area (Å²) < 4.78 is 28.7. The Hall–Kier alpha value is -2.13. The molecule has 3 atom stereocenters. The molecule has 1 aromatic heterocycles. The van der Waals surface area contributed by atoms with E-state index in [0.29, 0.717) is 25.0 Å². The Morgan fingerprint density at radius 3 is 2.62 bits per heavy atom. The highest BCUT2D eigenvalue weighted by molar-refractivity contribution is 7.89. The Labute approximate surface area is 198 Å². The van der Waals surface area contributed by atoms with Crippen molar-refractivity contribution in [1.29, 1.82) is 0 Å². The lowest BCUT2D eigenvalue weighted by Gasteiger charge is -2.42. The lowest BCUT2D eigenvalue weighted by molar-refractivity contribution is -0.126. The number of amides is 1. The number of carbonyl (C=O) groups excluding carboxylic acids is 1. The van der Waals surface area contributed by atoms with Gasteiger partial charge in [0.1, 0.15) is 6.04 Å². The van der Waals surface area contributed by atoms with Crippen LogP contribution in [0.2, 0.25) is 10.0 Å². The van der Waals surface area contributed by atoms with Crippen LogP contribution in [0.3, 0.4) is 0 Å². The maximum Gasteiger partial charge on any atom is 0.244 e. The Morgan fingerprint density at radius 2 is 2.03 bits per heavy atom. The molecule has 2 heterocycles. The van der Waals surface area contributed by atoms with Gasteiger partial charge in [-0.15, -0.1) is 6.58 Å². The summed E-state index contributed by atoms with van der Waals surface area (Å²) in [6.45, 7) is 5.85. The van der Waals surface area contributed by atoms with Crippen LogP contribution in [0.15, 0.2) is 54.1 Å². The second-order valence-electron chi connectivity index (χ2n) is 7.72. The number of sulfonamides is 1. The van der Waals surface area contributed by atoms with Crippen molar-refractivity contribution in [2.75, 3.05) is 0 Å². The molecule has 1 aliphatic rings. The highest BCUT2D eigenvalue weighted by Crippen LogP contribution is 2.38. The van der Waals surface area contributed by atoms with E-state index >= 15 is 0 Å². The Balaban J connectivity index is 1.98. The molecular formula is C22H25Cl2N3O4S. The standard InChI is InChI=1S/C22H25Cl2N3O4S/c1-3-14(2)19-8-6-9-20(22(29)26-13-15-7-4-5-10-25-15)27(19)32(30,31)16-11-17(23)21(28)18(24)12-16/h3-5,7,10-12,14,19-20,28H,1,6,8-9,13H2,2H3,(H,26,29)/t14-,19+,20?/m1/s1. The van der Waals surface area contributed by atoms with E-state index in [-0.39, 0.29) is 27.4 Å². The monoisotopic (exact) mass is 497 g/mol. The minimum atomic E-state index is -4.18. The molecule has 1 amide bonds. The van der Waals surface area contributed by atoms with Gasteiger partial charge in [-0.1, -0.05) is 42.3 Å². The third-order valence-corrected chi connectivity index (χ3v) is 8.12. The average molecular weight is 498 g/mol. The van der Waals surface area contributed by atoms with Gasteiger partial charge in [0.05, 0.1) is 27.2 Å². The third kappa shape index (κ3) is 5.09. The predicted octanol–water partition coefficient (Wildman–Crippen LogP) is 4.14. The van der Waals surface area contributed by atoms with E-state index < -0.39 is 33.8 Å². The van der Waals surface area contributed by atoms with Crippen molar-refractivity contribution in [3.8, 4) is 5.75 Å². The van der Waals surface area contributed by atoms with E-state index in [9.17, 15) is 18.3 Å². The Kier molecular flexibility index (Phi) is 7.82. The van der Waals surface area contributed by atoms with Gasteiger partial charge in [0.25, 0.3) is 0 Å². The molecule has 2 aromatic rings. The van der Waals surface area contributed by atoms with E-state index in [1.807, 2.05) is 13.0 Å². The molecule has 0 saturated carbocycles. The Morgan fingerprint density at radius 1 is 1.34 bits per heavy atom. The summed E-state index contributed by atoms with van der Waals surface area (Å²) in [5.74, 6) is -0.998. The number of carbonyl (C=O) groups is 1. The number of nitrogens with one attached hydrogen (secondary N) is 1. The van der Waals surface area contributed by atoms with Crippen molar-refractivity contribution >= 4 is 39.1 Å². The summed E-state index contributed by atoms with van der Waals surface area (Å²) in [4.78, 5) is 17.1. The number of rotatable bonds is 7. The first-order chi connectivity index (χ1) is 15.2. The zero-order chi connectivity index (χ0) is 23.5. The fraction of sp³-hybridized carbons (Fsp3) is 0.364. The van der Waals surface area contributed by atoms with Crippen molar-refractivity contribution in [2.45, 2.75) is 49.7 Å². The summed E-state index contributed by atoms with van der Waals surface area (Å²) in [5, 5.41) is 12.3. The molecule has 32 heavy (non-hydrogen) atoms. The van der Waals surface area contributed by atoms with E-state index in [4.69, 9.17) is 23.2 Å². The maximum absolute atomic E-state index is 13.7. The maximum atomic E-state index is 13.7. The van der Waals surface area contributed by atoms with E-state index in [1.165, 1.54) is 4.31 Å². The highest BCUT2D eigenvalue weighted by Gasteiger charge is 2.44. The van der Waals surface area contributed by atoms with Gasteiger partial charge in [0.2, 0.25) is 15.9 Å². The van der Waals surface area contributed by atoms with Gasteiger partial charge in [-0.05, 0) is 49.4 Å². The van der Waals surface area contributed by atoms with Gasteiger partial charge < -0.3 is 10.4 Å². The van der Waals surface area contributed by atoms with Crippen LogP contribution in [0.4, 0.5) is 0 Å². The number of phenols is 1. The van der Waals surface area contributed by atoms with E-state index in [0.717, 1.165) is 12.1 Å². The minimum absolute atomic E-state index is 0.183. The van der Waals surface area contributed by atoms with E-state index in [2.05, 4.69) is 16.9 Å². The molecule has 3 rings (SSSR count). The van der Waals surface area contributed by atoms with Crippen LogP contribution >= 0.6 is 23.2 Å². The molecule has 0 spiro atoms. The predicted molar refractivity (Wildman–Crippen MR) is 124 cm³/mol. The van der Waals surface area contributed by atoms with Crippen LogP contribution in [0.5, 0.6) is 5.75 Å². The second-order valence-corrected chi connectivity index (χ2v) is 10.4. The lowest BCUT2D eigenvalue weighted by atomic mass is 9.90. The fourth-order valence-corrected chi connectivity index (χ4v) is 6.44. The van der Waals surface area contributed by atoms with Gasteiger partial charge in [-0.2, -0.15) is 4.31 Å². The molecule has 7 nitrogen and oxygen atoms in total. The first-order valence-electron chi connectivity index (χ1n) is 10.2. The smallest absolute Gasteiger partial charge is 0.244 e. The van der Waals surface area contributed by atoms with Gasteiger partial charge in [0.15, 0.2) is 5.75 Å². The summed E-state index contributed by atoms with van der Waals surface area (Å²) >= 11 is 12.0. The van der Waals surface area contributed by atoms with Crippen LogP contribution in [0.1, 0.15) is 31.9 Å². The van der Waals surface area contributed by atoms with Crippen LogP contribution < -0.4 is 5.32 Å². The topological polar surface area (TPSA) is 99.6 Å². The summed E-state index contributed by atoms with van der Waals surface area (Å²) in [5.41, 5.74) is 0.666. The lowest BCUT2D eigenvalue weighted by Crippen LogP contribution is -2.57. The number of hydrogen-bond acceptors (Lipinski definition) is 5. The summed E-state index contributed by atoms with van der Waals surface area (Å²) in [6, 6.07) is 6.26. The van der Waals surface area contributed by atoms with Gasteiger partial charge in [0, 0.05) is 12.2 Å². The molecule has 0 aliphatic carbocycles. The molecule has 0 bridgehead atoms. The quantitative estimate of drug-likeness (QED) is 0.559. The van der Waals surface area contributed by atoms with Crippen molar-refractivity contribution in [3.63, 3.8) is 0 Å². The number of nitrogens with zero attached hydrogens (tertiary/aromatic N) is 2. The van der Waals surface area contributed by atoms with Crippen LogP contribution in [-0.4, -0.2) is 40.8 Å². The molecule has 1 fully saturated rings. The molecule has 0 radical (unpaired) electrons. The number of pyridine rings is 1. The number of hydrogen-bond donors (Lipinski definition) is 2. The zero-order valence-electron chi connectivity index (χ0n) is 17.5. The van der Waals surface area contributed by atoms with Gasteiger partial charge in [-0.25, -0.2) is 8.42 Å². The van der Waals surface area contributed by atoms with Crippen LogP contribution in [-0.2, 0) is 21.4 Å². The van der Waals surface area contributed by atoms with Gasteiger partial charge >= 0.3 is 0 Å². The first kappa shape index (κ1) is 24.5. The zero-order valence-corrected chi connectivity index (χ0v) is 19.9. The molecule has 172 valence electrons. The molecule has 1 aliphatic heterocycles. The van der Waals surface area contributed by atoms with Crippen LogP contribution in [0.25, 0.3) is 0 Å². The molecule has 1 unspecified atom stereocenters. The normalized spacial score (nSPS) is 20.5. The van der Waals surface area contributed by atoms with Crippen LogP contribution in [0, 0.1) is 5.92 Å². The number of benzene rings is 1. The minimum Gasteiger partial charge on any atom is -0.505 e. The van der Waals surface area contributed by atoms with Crippen molar-refractivity contribution in [3.05, 3.63) is 64.9 Å². The number of phenolic OH excluding ortho intramolecular Hbond substituents is 1. The van der Waals surface area contributed by atoms with E-state index in [1.54, 1.807) is 24.4 Å². The van der Waals surface area contributed by atoms with Gasteiger partial charge in [-0.3, -0.25) is 9.78 Å². The van der Waals surface area contributed by atoms with Crippen molar-refractivity contribution in [2.24, 2.45) is 5.92 Å². The molecule has 1 saturated heterocycles. The largest absolute Gasteiger partial charge is 0.505 e. The summed E-state index contributed by atoms with van der Waals surface area (Å²) in [6.07, 6.45) is 4.94. The first-order valence-corrected chi connectivity index (χ1v) is 12.4. The third-order valence-electron chi connectivity index (χ3n) is 5.63. The number of halogens is 2. The molecule has 1 aromatic carbocycles. The van der Waals surface area contributed by atoms with Crippen molar-refractivity contribution < 1.29 is 18.3 Å². The number of aromatic hydroxyl groups is 1. The number of piperidine rings is 1. The molecule has 2 N–H and O–H groups in total.